The maximum Gasteiger partial charge on any atom is 0.124 e. The van der Waals surface area contributed by atoms with Crippen molar-refractivity contribution in [3.63, 3.8) is 0 Å². The number of fused-ring (bicyclic) bond motifs is 1. The topological polar surface area (TPSA) is 24.9 Å². The normalized spacial score (nSPS) is 17.8. The highest BCUT2D eigenvalue weighted by Gasteiger charge is 2.20. The number of thiophene rings is 1. The summed E-state index contributed by atoms with van der Waals surface area (Å²) in [5.41, 5.74) is 4.06. The van der Waals surface area contributed by atoms with E-state index < -0.39 is 0 Å². The molecule has 0 spiro atoms. The number of pyridine rings is 1. The molecule has 1 N–H and O–H groups in total. The summed E-state index contributed by atoms with van der Waals surface area (Å²) >= 11 is 1.80. The number of rotatable bonds is 1. The lowest BCUT2D eigenvalue weighted by Crippen LogP contribution is -2.26. The zero-order valence-corrected chi connectivity index (χ0v) is 11.2. The molecule has 3 heteroatoms. The summed E-state index contributed by atoms with van der Waals surface area (Å²) in [7, 11) is 0. The Morgan fingerprint density at radius 3 is 2.82 bits per heavy atom. The zero-order chi connectivity index (χ0) is 11.8. The minimum absolute atomic E-state index is 0.730. The average Bonchev–Trinajstić information content (AvgIpc) is 2.74. The molecule has 1 fully saturated rings. The first-order chi connectivity index (χ1) is 8.25. The molecule has 0 atom stereocenters. The summed E-state index contributed by atoms with van der Waals surface area (Å²) in [4.78, 5) is 5.87. The first kappa shape index (κ1) is 11.2. The van der Waals surface area contributed by atoms with E-state index in [0.717, 1.165) is 24.7 Å². The first-order valence-electron chi connectivity index (χ1n) is 6.32. The van der Waals surface area contributed by atoms with Crippen molar-refractivity contribution < 1.29 is 0 Å². The third kappa shape index (κ3) is 1.98. The Morgan fingerprint density at radius 2 is 2.06 bits per heavy atom. The smallest absolute Gasteiger partial charge is 0.124 e. The third-order valence-corrected chi connectivity index (χ3v) is 4.57. The Kier molecular flexibility index (Phi) is 2.89. The molecule has 2 aromatic rings. The van der Waals surface area contributed by atoms with Crippen LogP contribution in [0.2, 0.25) is 0 Å². The van der Waals surface area contributed by atoms with Gasteiger partial charge in [0, 0.05) is 11.1 Å². The van der Waals surface area contributed by atoms with Crippen LogP contribution in [-0.2, 0) is 0 Å². The van der Waals surface area contributed by atoms with E-state index in [2.05, 4.69) is 35.6 Å². The molecule has 3 rings (SSSR count). The lowest BCUT2D eigenvalue weighted by Gasteiger charge is -2.22. The Hall–Kier alpha value is -0.930. The predicted molar refractivity (Wildman–Crippen MR) is 73.9 cm³/mol. The van der Waals surface area contributed by atoms with Crippen molar-refractivity contribution in [2.24, 2.45) is 0 Å². The minimum atomic E-state index is 0.730. The van der Waals surface area contributed by atoms with Crippen LogP contribution in [-0.4, -0.2) is 18.1 Å². The molecular formula is C14H18N2S. The van der Waals surface area contributed by atoms with Crippen LogP contribution in [0.1, 0.15) is 35.6 Å². The van der Waals surface area contributed by atoms with Crippen LogP contribution in [0.25, 0.3) is 10.2 Å². The highest BCUT2D eigenvalue weighted by Crippen LogP contribution is 2.36. The van der Waals surface area contributed by atoms with Crippen molar-refractivity contribution in [1.82, 2.24) is 10.3 Å². The number of hydrogen-bond donors (Lipinski definition) is 1. The van der Waals surface area contributed by atoms with Gasteiger partial charge in [-0.15, -0.1) is 11.3 Å². The van der Waals surface area contributed by atoms with E-state index in [1.54, 1.807) is 11.3 Å². The molecule has 1 saturated heterocycles. The molecule has 0 unspecified atom stereocenters. The Morgan fingerprint density at radius 1 is 1.29 bits per heavy atom. The molecule has 0 bridgehead atoms. The molecule has 2 aromatic heterocycles. The van der Waals surface area contributed by atoms with Gasteiger partial charge in [0.15, 0.2) is 0 Å². The van der Waals surface area contributed by atoms with Gasteiger partial charge in [0.25, 0.3) is 0 Å². The van der Waals surface area contributed by atoms with Crippen molar-refractivity contribution in [3.8, 4) is 0 Å². The second-order valence-corrected chi connectivity index (χ2v) is 5.83. The van der Waals surface area contributed by atoms with E-state index in [9.17, 15) is 0 Å². The van der Waals surface area contributed by atoms with Gasteiger partial charge in [0.2, 0.25) is 0 Å². The maximum atomic E-state index is 4.65. The molecule has 17 heavy (non-hydrogen) atoms. The molecule has 0 radical (unpaired) electrons. The summed E-state index contributed by atoms with van der Waals surface area (Å²) in [5.74, 6) is 0.730. The predicted octanol–water partition coefficient (Wildman–Crippen LogP) is 3.38. The second-order valence-electron chi connectivity index (χ2n) is 4.98. The molecular weight excluding hydrogens is 228 g/mol. The molecule has 0 saturated carbocycles. The van der Waals surface area contributed by atoms with E-state index in [4.69, 9.17) is 0 Å². The first-order valence-corrected chi connectivity index (χ1v) is 7.19. The van der Waals surface area contributed by atoms with E-state index in [1.807, 2.05) is 0 Å². The standard InChI is InChI=1S/C14H18N2S/c1-9-7-10(2)16-14-13(9)12(8-17-14)11-3-5-15-6-4-11/h7-8,11,15H,3-6H2,1-2H3. The molecule has 0 amide bonds. The zero-order valence-electron chi connectivity index (χ0n) is 10.4. The number of nitrogens with one attached hydrogen (secondary N) is 1. The average molecular weight is 246 g/mol. The van der Waals surface area contributed by atoms with Gasteiger partial charge < -0.3 is 5.32 Å². The summed E-state index contributed by atoms with van der Waals surface area (Å²) < 4.78 is 0. The van der Waals surface area contributed by atoms with Gasteiger partial charge in [-0.1, -0.05) is 0 Å². The second kappa shape index (κ2) is 4.39. The highest BCUT2D eigenvalue weighted by molar-refractivity contribution is 7.17. The van der Waals surface area contributed by atoms with Gasteiger partial charge >= 0.3 is 0 Å². The van der Waals surface area contributed by atoms with Gasteiger partial charge in [-0.05, 0) is 68.3 Å². The summed E-state index contributed by atoms with van der Waals surface area (Å²) in [6.45, 7) is 6.60. The quantitative estimate of drug-likeness (QED) is 0.834. The molecule has 3 heterocycles. The number of aryl methyl sites for hydroxylation is 2. The van der Waals surface area contributed by atoms with Gasteiger partial charge in [0.1, 0.15) is 4.83 Å². The van der Waals surface area contributed by atoms with Crippen LogP contribution in [0.3, 0.4) is 0 Å². The molecule has 0 aromatic carbocycles. The van der Waals surface area contributed by atoms with E-state index in [1.165, 1.54) is 34.2 Å². The molecule has 0 aliphatic carbocycles. The van der Waals surface area contributed by atoms with Crippen LogP contribution in [0.15, 0.2) is 11.4 Å². The molecule has 1 aliphatic heterocycles. The summed E-state index contributed by atoms with van der Waals surface area (Å²) in [6, 6.07) is 2.21. The van der Waals surface area contributed by atoms with Crippen molar-refractivity contribution in [1.29, 1.82) is 0 Å². The minimum Gasteiger partial charge on any atom is -0.317 e. The SMILES string of the molecule is Cc1cc(C)c2c(C3CCNCC3)csc2n1. The Labute approximate surface area is 106 Å². The summed E-state index contributed by atoms with van der Waals surface area (Å²) in [6.07, 6.45) is 2.53. The van der Waals surface area contributed by atoms with Crippen molar-refractivity contribution in [2.45, 2.75) is 32.6 Å². The van der Waals surface area contributed by atoms with Crippen LogP contribution >= 0.6 is 11.3 Å². The summed E-state index contributed by atoms with van der Waals surface area (Å²) in [5, 5.41) is 7.19. The van der Waals surface area contributed by atoms with Gasteiger partial charge in [-0.2, -0.15) is 0 Å². The monoisotopic (exact) mass is 246 g/mol. The van der Waals surface area contributed by atoms with Crippen LogP contribution in [0.4, 0.5) is 0 Å². The van der Waals surface area contributed by atoms with Crippen molar-refractivity contribution in [2.75, 3.05) is 13.1 Å². The van der Waals surface area contributed by atoms with Crippen LogP contribution in [0, 0.1) is 13.8 Å². The molecule has 2 nitrogen and oxygen atoms in total. The number of aromatic nitrogens is 1. The largest absolute Gasteiger partial charge is 0.317 e. The number of piperidine rings is 1. The molecule has 1 aliphatic rings. The fraction of sp³-hybridized carbons (Fsp3) is 0.500. The lowest BCUT2D eigenvalue weighted by molar-refractivity contribution is 0.463. The number of nitrogens with zero attached hydrogens (tertiary/aromatic N) is 1. The van der Waals surface area contributed by atoms with Crippen LogP contribution in [0.5, 0.6) is 0 Å². The van der Waals surface area contributed by atoms with Crippen molar-refractivity contribution in [3.05, 3.63) is 28.3 Å². The van der Waals surface area contributed by atoms with E-state index in [-0.39, 0.29) is 0 Å². The van der Waals surface area contributed by atoms with Gasteiger partial charge in [-0.25, -0.2) is 4.98 Å². The fourth-order valence-electron chi connectivity index (χ4n) is 2.85. The van der Waals surface area contributed by atoms with Crippen LogP contribution < -0.4 is 5.32 Å². The third-order valence-electron chi connectivity index (χ3n) is 3.68. The molecule has 90 valence electrons. The van der Waals surface area contributed by atoms with Gasteiger partial charge in [0.05, 0.1) is 0 Å². The highest BCUT2D eigenvalue weighted by atomic mass is 32.1. The lowest BCUT2D eigenvalue weighted by atomic mass is 9.89. The van der Waals surface area contributed by atoms with E-state index >= 15 is 0 Å². The van der Waals surface area contributed by atoms with Gasteiger partial charge in [-0.3, -0.25) is 0 Å². The Bertz CT molecular complexity index is 538. The number of hydrogen-bond acceptors (Lipinski definition) is 3. The van der Waals surface area contributed by atoms with E-state index in [0.29, 0.717) is 0 Å². The fourth-order valence-corrected chi connectivity index (χ4v) is 3.99. The maximum absolute atomic E-state index is 4.65. The Balaban J connectivity index is 2.10. The van der Waals surface area contributed by atoms with Crippen molar-refractivity contribution >= 4 is 21.6 Å².